The summed E-state index contributed by atoms with van der Waals surface area (Å²) in [6.07, 6.45) is 3.83. The summed E-state index contributed by atoms with van der Waals surface area (Å²) in [5, 5.41) is 0. The number of aromatic amines is 1. The minimum atomic E-state index is -1.36. The standard InChI is InChI=1S/C15H20N5O5P/c1-8(2)13(22)24-5-15(6-25-26-23)3-9(15)4-20-7-17-10-11(20)18-14(16)19-12(10)21/h4,7-8H,3,5-6,26H2,1-2H3,(H3,16,18,19,21)/b9-4-/t15-/m0/s1. The number of nitrogen functional groups attached to an aromatic ring is 1. The molecule has 11 heteroatoms. The molecule has 0 aliphatic heterocycles. The molecule has 0 aromatic carbocycles. The van der Waals surface area contributed by atoms with Crippen molar-refractivity contribution < 1.29 is 18.6 Å². The Labute approximate surface area is 149 Å². The first kappa shape index (κ1) is 18.3. The van der Waals surface area contributed by atoms with Crippen LogP contribution in [0.4, 0.5) is 5.95 Å². The summed E-state index contributed by atoms with van der Waals surface area (Å²) in [6, 6.07) is 0. The normalized spacial score (nSPS) is 21.3. The second kappa shape index (κ2) is 7.05. The molecule has 1 fully saturated rings. The third-order valence-electron chi connectivity index (χ3n) is 4.22. The lowest BCUT2D eigenvalue weighted by atomic mass is 10.1. The molecule has 0 radical (unpaired) electrons. The van der Waals surface area contributed by atoms with Crippen LogP contribution in [0, 0.1) is 11.3 Å². The van der Waals surface area contributed by atoms with Crippen LogP contribution in [0.5, 0.6) is 0 Å². The minimum Gasteiger partial charge on any atom is -0.464 e. The second-order valence-electron chi connectivity index (χ2n) is 6.56. The van der Waals surface area contributed by atoms with E-state index in [0.29, 0.717) is 12.1 Å². The molecular formula is C15H20N5O5P. The summed E-state index contributed by atoms with van der Waals surface area (Å²) in [7, 11) is -1.36. The zero-order chi connectivity index (χ0) is 18.9. The SMILES string of the molecule is CC(C)C(=O)OC[C@]1(CO[PH2]=O)C/C1=C/n1cnc2c(=O)[nH]c(N)nc21. The Morgan fingerprint density at radius 3 is 3.00 bits per heavy atom. The number of carbonyl (C=O) groups excluding carboxylic acids is 1. The number of nitrogens with two attached hydrogens (primary N) is 1. The van der Waals surface area contributed by atoms with E-state index in [-0.39, 0.29) is 36.6 Å². The van der Waals surface area contributed by atoms with Crippen molar-refractivity contribution in [1.29, 1.82) is 0 Å². The predicted molar refractivity (Wildman–Crippen MR) is 96.0 cm³/mol. The van der Waals surface area contributed by atoms with E-state index in [1.807, 2.05) is 0 Å². The molecule has 0 bridgehead atoms. The Bertz CT molecular complexity index is 950. The zero-order valence-electron chi connectivity index (χ0n) is 14.4. The molecule has 2 aromatic heterocycles. The molecule has 1 saturated carbocycles. The number of hydrogen-bond acceptors (Lipinski definition) is 8. The number of nitrogens with one attached hydrogen (secondary N) is 1. The molecule has 10 nitrogen and oxygen atoms in total. The monoisotopic (exact) mass is 381 g/mol. The highest BCUT2D eigenvalue weighted by Gasteiger charge is 2.50. The molecule has 0 spiro atoms. The van der Waals surface area contributed by atoms with Gasteiger partial charge in [0.05, 0.1) is 17.9 Å². The molecule has 1 unspecified atom stereocenters. The van der Waals surface area contributed by atoms with Crippen molar-refractivity contribution in [2.24, 2.45) is 11.3 Å². The molecule has 2 aromatic rings. The molecule has 1 aliphatic carbocycles. The highest BCUT2D eigenvalue weighted by molar-refractivity contribution is 7.17. The maximum Gasteiger partial charge on any atom is 0.308 e. The van der Waals surface area contributed by atoms with Gasteiger partial charge in [-0.05, 0) is 12.0 Å². The summed E-state index contributed by atoms with van der Waals surface area (Å²) in [6.45, 7) is 3.83. The number of aromatic nitrogens is 4. The topological polar surface area (TPSA) is 142 Å². The van der Waals surface area contributed by atoms with Crippen LogP contribution >= 0.6 is 8.69 Å². The Kier molecular flexibility index (Phi) is 4.97. The van der Waals surface area contributed by atoms with Gasteiger partial charge in [-0.15, -0.1) is 0 Å². The van der Waals surface area contributed by atoms with Crippen LogP contribution < -0.4 is 11.3 Å². The lowest BCUT2D eigenvalue weighted by Gasteiger charge is -2.15. The number of ether oxygens (including phenoxy) is 1. The van der Waals surface area contributed by atoms with Gasteiger partial charge in [-0.25, -0.2) is 4.98 Å². The van der Waals surface area contributed by atoms with Crippen molar-refractivity contribution >= 4 is 38.0 Å². The third kappa shape index (κ3) is 3.56. The molecule has 2 atom stereocenters. The van der Waals surface area contributed by atoms with E-state index in [0.717, 1.165) is 5.57 Å². The molecule has 0 amide bonds. The third-order valence-corrected chi connectivity index (χ3v) is 4.52. The zero-order valence-corrected chi connectivity index (χ0v) is 15.5. The number of rotatable bonds is 7. The largest absolute Gasteiger partial charge is 0.464 e. The summed E-state index contributed by atoms with van der Waals surface area (Å²) in [5.74, 6) is -0.547. The maximum absolute atomic E-state index is 11.8. The molecule has 140 valence electrons. The molecule has 3 N–H and O–H groups in total. The van der Waals surface area contributed by atoms with Crippen LogP contribution in [0.25, 0.3) is 17.4 Å². The Hall–Kier alpha value is -2.45. The number of hydrogen-bond donors (Lipinski definition) is 2. The average molecular weight is 381 g/mol. The van der Waals surface area contributed by atoms with Gasteiger partial charge in [0.25, 0.3) is 5.56 Å². The fraction of sp³-hybridized carbons (Fsp3) is 0.467. The quantitative estimate of drug-likeness (QED) is 0.530. The number of nitrogens with zero attached hydrogens (tertiary/aromatic N) is 3. The fourth-order valence-electron chi connectivity index (χ4n) is 2.61. The highest BCUT2D eigenvalue weighted by atomic mass is 31.1. The number of esters is 1. The van der Waals surface area contributed by atoms with Crippen molar-refractivity contribution in [3.05, 3.63) is 22.3 Å². The van der Waals surface area contributed by atoms with E-state index >= 15 is 0 Å². The lowest BCUT2D eigenvalue weighted by molar-refractivity contribution is -0.149. The van der Waals surface area contributed by atoms with Crippen molar-refractivity contribution in [3.8, 4) is 0 Å². The van der Waals surface area contributed by atoms with Crippen LogP contribution in [-0.4, -0.2) is 38.7 Å². The molecular weight excluding hydrogens is 361 g/mol. The number of imidazole rings is 1. The summed E-state index contributed by atoms with van der Waals surface area (Å²) in [5.41, 5.74) is 6.07. The van der Waals surface area contributed by atoms with Crippen LogP contribution in [-0.2, 0) is 18.6 Å². The van der Waals surface area contributed by atoms with Crippen LogP contribution in [0.2, 0.25) is 0 Å². The van der Waals surface area contributed by atoms with Crippen molar-refractivity contribution in [3.63, 3.8) is 0 Å². The van der Waals surface area contributed by atoms with Crippen molar-refractivity contribution in [2.45, 2.75) is 20.3 Å². The molecule has 3 rings (SSSR count). The van der Waals surface area contributed by atoms with E-state index in [2.05, 4.69) is 15.0 Å². The van der Waals surface area contributed by atoms with Crippen molar-refractivity contribution in [1.82, 2.24) is 19.5 Å². The van der Waals surface area contributed by atoms with Crippen LogP contribution in [0.1, 0.15) is 20.3 Å². The van der Waals surface area contributed by atoms with E-state index in [4.69, 9.17) is 15.0 Å². The second-order valence-corrected chi connectivity index (χ2v) is 7.08. The predicted octanol–water partition coefficient (Wildman–Crippen LogP) is 0.820. The number of H-pyrrole nitrogens is 1. The Balaban J connectivity index is 1.87. The fourth-order valence-corrected chi connectivity index (χ4v) is 2.99. The smallest absolute Gasteiger partial charge is 0.308 e. The van der Waals surface area contributed by atoms with E-state index in [1.54, 1.807) is 24.6 Å². The molecule has 0 saturated heterocycles. The lowest BCUT2D eigenvalue weighted by Crippen LogP contribution is -2.21. The number of anilines is 1. The van der Waals surface area contributed by atoms with E-state index in [9.17, 15) is 14.2 Å². The number of fused-ring (bicyclic) bond motifs is 1. The Morgan fingerprint density at radius 1 is 1.54 bits per heavy atom. The van der Waals surface area contributed by atoms with Gasteiger partial charge in [0.15, 0.2) is 19.9 Å². The highest BCUT2D eigenvalue weighted by Crippen LogP contribution is 2.53. The van der Waals surface area contributed by atoms with Gasteiger partial charge in [0.2, 0.25) is 5.95 Å². The van der Waals surface area contributed by atoms with Gasteiger partial charge < -0.3 is 15.0 Å². The van der Waals surface area contributed by atoms with E-state index < -0.39 is 19.7 Å². The minimum absolute atomic E-state index is 0.00568. The first-order chi connectivity index (χ1) is 12.4. The number of carbonyl (C=O) groups is 1. The van der Waals surface area contributed by atoms with Crippen LogP contribution in [0.15, 0.2) is 16.7 Å². The van der Waals surface area contributed by atoms with Gasteiger partial charge in [-0.3, -0.25) is 23.7 Å². The Morgan fingerprint density at radius 2 is 2.31 bits per heavy atom. The summed E-state index contributed by atoms with van der Waals surface area (Å²) >= 11 is 0. The first-order valence-corrected chi connectivity index (χ1v) is 8.96. The molecule has 1 aliphatic rings. The summed E-state index contributed by atoms with van der Waals surface area (Å²) in [4.78, 5) is 34.1. The van der Waals surface area contributed by atoms with Gasteiger partial charge in [-0.1, -0.05) is 13.8 Å². The van der Waals surface area contributed by atoms with Crippen molar-refractivity contribution in [2.75, 3.05) is 18.9 Å². The average Bonchev–Trinajstić information content (AvgIpc) is 3.11. The van der Waals surface area contributed by atoms with Gasteiger partial charge in [-0.2, -0.15) is 4.98 Å². The van der Waals surface area contributed by atoms with Crippen LogP contribution in [0.3, 0.4) is 0 Å². The molecule has 26 heavy (non-hydrogen) atoms. The van der Waals surface area contributed by atoms with Gasteiger partial charge >= 0.3 is 5.97 Å². The van der Waals surface area contributed by atoms with E-state index in [1.165, 1.54) is 6.33 Å². The van der Waals surface area contributed by atoms with Gasteiger partial charge in [0, 0.05) is 6.20 Å². The summed E-state index contributed by atoms with van der Waals surface area (Å²) < 4.78 is 22.8. The maximum atomic E-state index is 11.8. The van der Waals surface area contributed by atoms with Gasteiger partial charge in [0.1, 0.15) is 12.9 Å². The first-order valence-electron chi connectivity index (χ1n) is 8.02. The molecule has 2 heterocycles.